The summed E-state index contributed by atoms with van der Waals surface area (Å²) in [6.45, 7) is 5.30. The van der Waals surface area contributed by atoms with Gasteiger partial charge in [-0.1, -0.05) is 6.92 Å². The normalized spacial score (nSPS) is 33.6. The van der Waals surface area contributed by atoms with Crippen LogP contribution in [0.5, 0.6) is 0 Å². The molecule has 0 aromatic carbocycles. The molecule has 94 valence electrons. The molecule has 4 nitrogen and oxygen atoms in total. The summed E-state index contributed by atoms with van der Waals surface area (Å²) in [5, 5.41) is 3.36. The standard InChI is InChI=1S/C11H22N2O2S/c1-2-6-13(10-3-5-12-8-10)11-4-7-16(14,15)9-11/h10-12H,2-9H2,1H3. The molecule has 2 saturated heterocycles. The van der Waals surface area contributed by atoms with Gasteiger partial charge in [0.05, 0.1) is 11.5 Å². The van der Waals surface area contributed by atoms with Crippen LogP contribution in [0.1, 0.15) is 26.2 Å². The van der Waals surface area contributed by atoms with E-state index < -0.39 is 9.84 Å². The maximum Gasteiger partial charge on any atom is 0.151 e. The van der Waals surface area contributed by atoms with Crippen LogP contribution in [0, 0.1) is 0 Å². The van der Waals surface area contributed by atoms with Crippen molar-refractivity contribution < 1.29 is 8.42 Å². The van der Waals surface area contributed by atoms with Crippen molar-refractivity contribution in [2.75, 3.05) is 31.1 Å². The van der Waals surface area contributed by atoms with E-state index in [1.807, 2.05) is 0 Å². The van der Waals surface area contributed by atoms with E-state index >= 15 is 0 Å². The number of hydrogen-bond acceptors (Lipinski definition) is 4. The molecule has 2 unspecified atom stereocenters. The van der Waals surface area contributed by atoms with Crippen molar-refractivity contribution in [1.82, 2.24) is 10.2 Å². The van der Waals surface area contributed by atoms with Gasteiger partial charge in [-0.25, -0.2) is 8.42 Å². The fourth-order valence-corrected chi connectivity index (χ4v) is 4.62. The lowest BCUT2D eigenvalue weighted by molar-refractivity contribution is 0.156. The Morgan fingerprint density at radius 3 is 2.62 bits per heavy atom. The second kappa shape index (κ2) is 5.02. The van der Waals surface area contributed by atoms with Crippen LogP contribution < -0.4 is 5.32 Å². The summed E-state index contributed by atoms with van der Waals surface area (Å²) in [7, 11) is -2.75. The lowest BCUT2D eigenvalue weighted by Crippen LogP contribution is -2.45. The van der Waals surface area contributed by atoms with Crippen molar-refractivity contribution in [3.8, 4) is 0 Å². The Hall–Kier alpha value is -0.130. The molecule has 0 aliphatic carbocycles. The van der Waals surface area contributed by atoms with Crippen LogP contribution in [0.25, 0.3) is 0 Å². The van der Waals surface area contributed by atoms with Crippen molar-refractivity contribution in [2.24, 2.45) is 0 Å². The van der Waals surface area contributed by atoms with Crippen LogP contribution in [0.2, 0.25) is 0 Å². The van der Waals surface area contributed by atoms with Crippen molar-refractivity contribution in [2.45, 2.75) is 38.3 Å². The SMILES string of the molecule is CCCN(C1CCNC1)C1CCS(=O)(=O)C1. The summed E-state index contributed by atoms with van der Waals surface area (Å²) in [5.74, 6) is 0.765. The molecule has 2 aliphatic heterocycles. The van der Waals surface area contributed by atoms with Gasteiger partial charge in [0.2, 0.25) is 0 Å². The highest BCUT2D eigenvalue weighted by atomic mass is 32.2. The van der Waals surface area contributed by atoms with Crippen molar-refractivity contribution in [3.63, 3.8) is 0 Å². The Kier molecular flexibility index (Phi) is 3.87. The molecule has 0 amide bonds. The second-order valence-corrected chi connectivity index (χ2v) is 7.17. The van der Waals surface area contributed by atoms with Crippen molar-refractivity contribution in [1.29, 1.82) is 0 Å². The van der Waals surface area contributed by atoms with E-state index in [9.17, 15) is 8.42 Å². The Labute approximate surface area is 98.3 Å². The monoisotopic (exact) mass is 246 g/mol. The van der Waals surface area contributed by atoms with Gasteiger partial charge >= 0.3 is 0 Å². The molecule has 5 heteroatoms. The third-order valence-corrected chi connectivity index (χ3v) is 5.41. The van der Waals surface area contributed by atoms with E-state index in [0.29, 0.717) is 17.5 Å². The molecule has 16 heavy (non-hydrogen) atoms. The third-order valence-electron chi connectivity index (χ3n) is 3.66. The fraction of sp³-hybridized carbons (Fsp3) is 1.00. The van der Waals surface area contributed by atoms with Crippen LogP contribution in [-0.4, -0.2) is 56.5 Å². The maximum atomic E-state index is 11.5. The zero-order valence-electron chi connectivity index (χ0n) is 9.98. The minimum atomic E-state index is -2.75. The van der Waals surface area contributed by atoms with Crippen LogP contribution in [0.3, 0.4) is 0 Å². The average Bonchev–Trinajstić information content (AvgIpc) is 2.83. The molecule has 0 aromatic rings. The van der Waals surface area contributed by atoms with Gasteiger partial charge in [0.25, 0.3) is 0 Å². The highest BCUT2D eigenvalue weighted by Gasteiger charge is 2.35. The van der Waals surface area contributed by atoms with Crippen LogP contribution in [0.4, 0.5) is 0 Å². The molecule has 2 aliphatic rings. The quantitative estimate of drug-likeness (QED) is 0.772. The Balaban J connectivity index is 2.01. The highest BCUT2D eigenvalue weighted by Crippen LogP contribution is 2.22. The summed E-state index contributed by atoms with van der Waals surface area (Å²) >= 11 is 0. The molecule has 2 fully saturated rings. The van der Waals surface area contributed by atoms with Crippen LogP contribution in [-0.2, 0) is 9.84 Å². The van der Waals surface area contributed by atoms with Gasteiger partial charge in [-0.2, -0.15) is 0 Å². The van der Waals surface area contributed by atoms with Gasteiger partial charge in [-0.05, 0) is 32.4 Å². The lowest BCUT2D eigenvalue weighted by atomic mass is 10.1. The van der Waals surface area contributed by atoms with Gasteiger partial charge < -0.3 is 5.32 Å². The van der Waals surface area contributed by atoms with Gasteiger partial charge in [0, 0.05) is 18.6 Å². The summed E-state index contributed by atoms with van der Waals surface area (Å²) in [6, 6.07) is 0.827. The smallest absolute Gasteiger partial charge is 0.151 e. The molecule has 0 radical (unpaired) electrons. The zero-order chi connectivity index (χ0) is 11.6. The van der Waals surface area contributed by atoms with Crippen LogP contribution in [0.15, 0.2) is 0 Å². The Bertz CT molecular complexity index is 323. The largest absolute Gasteiger partial charge is 0.315 e. The molecule has 0 spiro atoms. The molecular weight excluding hydrogens is 224 g/mol. The van der Waals surface area contributed by atoms with E-state index in [-0.39, 0.29) is 6.04 Å². The maximum absolute atomic E-state index is 11.5. The second-order valence-electron chi connectivity index (χ2n) is 4.94. The number of hydrogen-bond donors (Lipinski definition) is 1. The van der Waals surface area contributed by atoms with Gasteiger partial charge in [0.15, 0.2) is 9.84 Å². The minimum Gasteiger partial charge on any atom is -0.315 e. The van der Waals surface area contributed by atoms with E-state index in [1.165, 1.54) is 0 Å². The average molecular weight is 246 g/mol. The number of nitrogens with zero attached hydrogens (tertiary/aromatic N) is 1. The number of nitrogens with one attached hydrogen (secondary N) is 1. The molecule has 2 heterocycles. The summed E-state index contributed by atoms with van der Waals surface area (Å²) < 4.78 is 23.0. The molecule has 2 atom stereocenters. The minimum absolute atomic E-state index is 0.273. The molecule has 0 aromatic heterocycles. The van der Waals surface area contributed by atoms with E-state index in [0.717, 1.165) is 38.9 Å². The predicted octanol–water partition coefficient (Wildman–Crippen LogP) is 0.247. The topological polar surface area (TPSA) is 49.4 Å². The zero-order valence-corrected chi connectivity index (χ0v) is 10.8. The van der Waals surface area contributed by atoms with Gasteiger partial charge in [-0.3, -0.25) is 4.90 Å². The van der Waals surface area contributed by atoms with E-state index in [1.54, 1.807) is 0 Å². The predicted molar refractivity (Wildman–Crippen MR) is 65.3 cm³/mol. The molecule has 2 rings (SSSR count). The van der Waals surface area contributed by atoms with E-state index in [4.69, 9.17) is 0 Å². The first-order valence-electron chi connectivity index (χ1n) is 6.29. The van der Waals surface area contributed by atoms with Crippen LogP contribution >= 0.6 is 0 Å². The molecule has 1 N–H and O–H groups in total. The van der Waals surface area contributed by atoms with Crippen molar-refractivity contribution >= 4 is 9.84 Å². The summed E-state index contributed by atoms with van der Waals surface area (Å²) in [4.78, 5) is 2.44. The molecule has 0 bridgehead atoms. The van der Waals surface area contributed by atoms with Gasteiger partial charge in [0.1, 0.15) is 0 Å². The first-order chi connectivity index (χ1) is 7.62. The van der Waals surface area contributed by atoms with Gasteiger partial charge in [-0.15, -0.1) is 0 Å². The van der Waals surface area contributed by atoms with Crippen molar-refractivity contribution in [3.05, 3.63) is 0 Å². The Morgan fingerprint density at radius 2 is 2.12 bits per heavy atom. The number of sulfone groups is 1. The third kappa shape index (κ3) is 2.76. The first-order valence-corrected chi connectivity index (χ1v) is 8.11. The first kappa shape index (κ1) is 12.3. The molecular formula is C11H22N2O2S. The molecule has 0 saturated carbocycles. The highest BCUT2D eigenvalue weighted by molar-refractivity contribution is 7.91. The summed E-state index contributed by atoms with van der Waals surface area (Å²) in [5.41, 5.74) is 0. The Morgan fingerprint density at radius 1 is 1.31 bits per heavy atom. The summed E-state index contributed by atoms with van der Waals surface area (Å²) in [6.07, 6.45) is 3.10. The fourth-order valence-electron chi connectivity index (χ4n) is 2.88. The number of rotatable bonds is 4. The lowest BCUT2D eigenvalue weighted by Gasteiger charge is -2.33. The van der Waals surface area contributed by atoms with E-state index in [2.05, 4.69) is 17.1 Å².